The predicted octanol–water partition coefficient (Wildman–Crippen LogP) is 7.47. The molecular weight excluding hydrogens is 479 g/mol. The molecule has 0 aliphatic heterocycles. The highest BCUT2D eigenvalue weighted by Gasteiger charge is 2.09. The minimum absolute atomic E-state index is 1.06. The summed E-state index contributed by atoms with van der Waals surface area (Å²) in [4.78, 5) is 2.62. The molecule has 0 heterocycles. The van der Waals surface area contributed by atoms with E-state index in [0.29, 0.717) is 0 Å². The van der Waals surface area contributed by atoms with Gasteiger partial charge in [0.25, 0.3) is 0 Å². The zero-order valence-corrected chi connectivity index (χ0v) is 25.7. The van der Waals surface area contributed by atoms with E-state index >= 15 is 0 Å². The molecule has 3 heteroatoms. The van der Waals surface area contributed by atoms with Gasteiger partial charge >= 0.3 is 0 Å². The summed E-state index contributed by atoms with van der Waals surface area (Å²) in [6.45, 7) is 16.9. The van der Waals surface area contributed by atoms with E-state index in [1.165, 1.54) is 16.7 Å². The molecule has 3 aromatic rings. The summed E-state index contributed by atoms with van der Waals surface area (Å²) in [5.74, 6) is 6.74. The van der Waals surface area contributed by atoms with Crippen molar-refractivity contribution in [3.05, 3.63) is 107 Å². The highest BCUT2D eigenvalue weighted by atomic mass is 28.3. The minimum Gasteiger partial charge on any atom is -0.302 e. The molecule has 0 fully saturated rings. The van der Waals surface area contributed by atoms with Crippen LogP contribution in [0.4, 0.5) is 0 Å². The van der Waals surface area contributed by atoms with Crippen LogP contribution in [0.1, 0.15) is 27.8 Å². The van der Waals surface area contributed by atoms with Crippen LogP contribution in [0.25, 0.3) is 0 Å². The first kappa shape index (κ1) is 28.7. The van der Waals surface area contributed by atoms with Gasteiger partial charge < -0.3 is 4.90 Å². The molecule has 0 aromatic heterocycles. The molecule has 0 spiro atoms. The van der Waals surface area contributed by atoms with Crippen LogP contribution in [0.2, 0.25) is 39.3 Å². The van der Waals surface area contributed by atoms with Gasteiger partial charge in [0.05, 0.1) is 0 Å². The van der Waals surface area contributed by atoms with Crippen molar-refractivity contribution in [1.82, 2.24) is 4.90 Å². The van der Waals surface area contributed by atoms with E-state index in [1.807, 2.05) is 0 Å². The third-order valence-corrected chi connectivity index (χ3v) is 7.81. The SMILES string of the molecule is C[Si](C)(C)C#Cc1ccc(CCN(CCc2ccccc2)CCc2ccc(C#C[Si](C)(C)C)cc2)cc1. The van der Waals surface area contributed by atoms with E-state index in [-0.39, 0.29) is 0 Å². The molecule has 0 radical (unpaired) electrons. The van der Waals surface area contributed by atoms with Gasteiger partial charge in [0, 0.05) is 30.8 Å². The molecular formula is C34H43NSi2. The molecule has 0 aliphatic carbocycles. The Hall–Kier alpha value is -2.83. The van der Waals surface area contributed by atoms with Gasteiger partial charge in [-0.05, 0) is 60.2 Å². The Morgan fingerprint density at radius 3 is 1.19 bits per heavy atom. The van der Waals surface area contributed by atoms with Crippen molar-refractivity contribution in [2.75, 3.05) is 19.6 Å². The Balaban J connectivity index is 1.60. The summed E-state index contributed by atoms with van der Waals surface area (Å²) in [6, 6.07) is 28.6. The maximum absolute atomic E-state index is 3.46. The van der Waals surface area contributed by atoms with E-state index in [1.54, 1.807) is 0 Å². The van der Waals surface area contributed by atoms with Crippen LogP contribution in [0.15, 0.2) is 78.9 Å². The third-order valence-electron chi connectivity index (χ3n) is 6.06. The van der Waals surface area contributed by atoms with E-state index < -0.39 is 16.1 Å². The number of nitrogens with zero attached hydrogens (tertiary/aromatic N) is 1. The van der Waals surface area contributed by atoms with Crippen LogP contribution in [-0.2, 0) is 19.3 Å². The number of hydrogen-bond donors (Lipinski definition) is 0. The zero-order chi connectivity index (χ0) is 26.7. The lowest BCUT2D eigenvalue weighted by atomic mass is 10.1. The normalized spacial score (nSPS) is 11.4. The Morgan fingerprint density at radius 2 is 0.838 bits per heavy atom. The van der Waals surface area contributed by atoms with Gasteiger partial charge in [0.15, 0.2) is 0 Å². The topological polar surface area (TPSA) is 3.24 Å². The van der Waals surface area contributed by atoms with Crippen molar-refractivity contribution >= 4 is 16.1 Å². The molecule has 37 heavy (non-hydrogen) atoms. The fourth-order valence-electron chi connectivity index (χ4n) is 3.87. The molecule has 0 bridgehead atoms. The molecule has 0 amide bonds. The molecule has 0 N–H and O–H groups in total. The minimum atomic E-state index is -1.35. The van der Waals surface area contributed by atoms with E-state index in [0.717, 1.165) is 50.0 Å². The van der Waals surface area contributed by atoms with Crippen LogP contribution in [0.3, 0.4) is 0 Å². The van der Waals surface area contributed by atoms with Crippen molar-refractivity contribution in [2.24, 2.45) is 0 Å². The summed E-state index contributed by atoms with van der Waals surface area (Å²) < 4.78 is 0. The summed E-state index contributed by atoms with van der Waals surface area (Å²) in [5.41, 5.74) is 13.4. The monoisotopic (exact) mass is 521 g/mol. The fraction of sp³-hybridized carbons (Fsp3) is 0.353. The Morgan fingerprint density at radius 1 is 0.486 bits per heavy atom. The Bertz CT molecular complexity index is 1140. The summed E-state index contributed by atoms with van der Waals surface area (Å²) >= 11 is 0. The quantitative estimate of drug-likeness (QED) is 0.208. The van der Waals surface area contributed by atoms with Gasteiger partial charge in [0.1, 0.15) is 16.1 Å². The summed E-state index contributed by atoms with van der Waals surface area (Å²) in [5, 5.41) is 0. The summed E-state index contributed by atoms with van der Waals surface area (Å²) in [6.07, 6.45) is 3.20. The average Bonchev–Trinajstić information content (AvgIpc) is 2.87. The van der Waals surface area contributed by atoms with Crippen molar-refractivity contribution in [1.29, 1.82) is 0 Å². The fourth-order valence-corrected chi connectivity index (χ4v) is 4.91. The second kappa shape index (κ2) is 13.6. The van der Waals surface area contributed by atoms with E-state index in [2.05, 4.69) is 146 Å². The smallest absolute Gasteiger partial charge is 0.129 e. The van der Waals surface area contributed by atoms with Gasteiger partial charge in [0.2, 0.25) is 0 Å². The maximum Gasteiger partial charge on any atom is 0.129 e. The van der Waals surface area contributed by atoms with Gasteiger partial charge in [-0.2, -0.15) is 0 Å². The second-order valence-corrected chi connectivity index (χ2v) is 21.5. The lowest BCUT2D eigenvalue weighted by Crippen LogP contribution is -2.30. The molecule has 3 aromatic carbocycles. The van der Waals surface area contributed by atoms with Crippen LogP contribution in [-0.4, -0.2) is 40.7 Å². The molecule has 1 nitrogen and oxygen atoms in total. The molecule has 192 valence electrons. The molecule has 0 saturated carbocycles. The Labute approximate surface area is 228 Å². The first-order valence-corrected chi connectivity index (χ1v) is 20.6. The second-order valence-electron chi connectivity index (χ2n) is 12.0. The first-order chi connectivity index (χ1) is 17.6. The van der Waals surface area contributed by atoms with Gasteiger partial charge in [-0.15, -0.1) is 11.1 Å². The van der Waals surface area contributed by atoms with Crippen LogP contribution in [0, 0.1) is 22.9 Å². The third kappa shape index (κ3) is 11.8. The lowest BCUT2D eigenvalue weighted by Gasteiger charge is -2.22. The van der Waals surface area contributed by atoms with Crippen molar-refractivity contribution in [2.45, 2.75) is 58.5 Å². The zero-order valence-electron chi connectivity index (χ0n) is 23.7. The molecule has 0 aliphatic rings. The van der Waals surface area contributed by atoms with Gasteiger partial charge in [-0.3, -0.25) is 0 Å². The number of rotatable bonds is 9. The lowest BCUT2D eigenvalue weighted by molar-refractivity contribution is 0.284. The molecule has 0 saturated heterocycles. The molecule has 0 atom stereocenters. The van der Waals surface area contributed by atoms with Gasteiger partial charge in [-0.25, -0.2) is 0 Å². The molecule has 3 rings (SSSR count). The highest BCUT2D eigenvalue weighted by molar-refractivity contribution is 6.84. The van der Waals surface area contributed by atoms with Gasteiger partial charge in [-0.1, -0.05) is 106 Å². The summed E-state index contributed by atoms with van der Waals surface area (Å²) in [7, 11) is -2.69. The predicted molar refractivity (Wildman–Crippen MR) is 167 cm³/mol. The van der Waals surface area contributed by atoms with Crippen LogP contribution < -0.4 is 0 Å². The van der Waals surface area contributed by atoms with Crippen molar-refractivity contribution in [3.63, 3.8) is 0 Å². The average molecular weight is 522 g/mol. The van der Waals surface area contributed by atoms with E-state index in [4.69, 9.17) is 0 Å². The van der Waals surface area contributed by atoms with Crippen LogP contribution in [0.5, 0.6) is 0 Å². The Kier molecular flexibility index (Phi) is 10.6. The van der Waals surface area contributed by atoms with E-state index in [9.17, 15) is 0 Å². The standard InChI is InChI=1S/C34H43NSi2/c1-36(2,3)28-23-33-16-12-31(13-17-33)21-26-35(25-20-30-10-8-7-9-11-30)27-22-32-14-18-34(19-15-32)24-29-37(4,5)6/h7-19H,20-22,25-27H2,1-6H3. The van der Waals surface area contributed by atoms with Crippen LogP contribution >= 0.6 is 0 Å². The maximum atomic E-state index is 3.46. The van der Waals surface area contributed by atoms with Crippen molar-refractivity contribution in [3.8, 4) is 22.9 Å². The molecule has 0 unspecified atom stereocenters. The largest absolute Gasteiger partial charge is 0.302 e. The van der Waals surface area contributed by atoms with Crippen molar-refractivity contribution < 1.29 is 0 Å². The number of hydrogen-bond acceptors (Lipinski definition) is 1. The first-order valence-electron chi connectivity index (χ1n) is 13.6. The highest BCUT2D eigenvalue weighted by Crippen LogP contribution is 2.10. The number of benzene rings is 3.